The minimum absolute atomic E-state index is 0.405. The highest BCUT2D eigenvalue weighted by Gasteiger charge is 2.04. The second-order valence-corrected chi connectivity index (χ2v) is 4.91. The summed E-state index contributed by atoms with van der Waals surface area (Å²) in [5.74, 6) is 0. The number of rotatable bonds is 5. The number of benzene rings is 1. The number of hydrogen-bond donors (Lipinski definition) is 2. The Morgan fingerprint density at radius 3 is 2.71 bits per heavy atom. The van der Waals surface area contributed by atoms with E-state index < -0.39 is 0 Å². The van der Waals surface area contributed by atoms with Crippen molar-refractivity contribution in [3.8, 4) is 0 Å². The molecule has 0 amide bonds. The first-order valence-electron chi connectivity index (χ1n) is 5.80. The maximum atomic E-state index is 4.19. The summed E-state index contributed by atoms with van der Waals surface area (Å²) in [5.41, 5.74) is 1.32. The third-order valence-electron chi connectivity index (χ3n) is 2.58. The predicted molar refractivity (Wildman–Crippen MR) is 71.2 cm³/mol. The van der Waals surface area contributed by atoms with Crippen LogP contribution in [0.3, 0.4) is 0 Å². The summed E-state index contributed by atoms with van der Waals surface area (Å²) in [6.45, 7) is 5.29. The topological polar surface area (TPSA) is 40.7 Å². The van der Waals surface area contributed by atoms with Gasteiger partial charge in [-0.25, -0.2) is 4.98 Å². The fourth-order valence-corrected chi connectivity index (χ4v) is 2.40. The molecular weight excluding hydrogens is 230 g/mol. The lowest BCUT2D eigenvalue weighted by molar-refractivity contribution is 0.598. The zero-order chi connectivity index (χ0) is 12.1. The highest BCUT2D eigenvalue weighted by atomic mass is 32.2. The summed E-state index contributed by atoms with van der Waals surface area (Å²) >= 11 is 1.64. The Morgan fingerprint density at radius 2 is 2.12 bits per heavy atom. The van der Waals surface area contributed by atoms with Gasteiger partial charge >= 0.3 is 0 Å². The van der Waals surface area contributed by atoms with E-state index in [0.29, 0.717) is 6.04 Å². The van der Waals surface area contributed by atoms with Gasteiger partial charge in [-0.2, -0.15) is 0 Å². The molecular formula is C13H17N3S. The molecule has 1 aromatic heterocycles. The quantitative estimate of drug-likeness (QED) is 0.852. The van der Waals surface area contributed by atoms with Gasteiger partial charge in [-0.15, -0.1) is 0 Å². The second-order valence-electron chi connectivity index (χ2n) is 3.84. The Bertz CT molecular complexity index is 436. The number of nitrogens with one attached hydrogen (secondary N) is 2. The average molecular weight is 247 g/mol. The summed E-state index contributed by atoms with van der Waals surface area (Å²) in [6.07, 6.45) is 3.61. The smallest absolute Gasteiger partial charge is 0.170 e. The van der Waals surface area contributed by atoms with Crippen molar-refractivity contribution in [3.63, 3.8) is 0 Å². The van der Waals surface area contributed by atoms with Crippen molar-refractivity contribution in [2.24, 2.45) is 0 Å². The van der Waals surface area contributed by atoms with Gasteiger partial charge in [0.1, 0.15) is 0 Å². The SMILES string of the molecule is CCNC(C)c1ccc(Sc2ncc[nH]2)cc1. The zero-order valence-electron chi connectivity index (χ0n) is 10.1. The van der Waals surface area contributed by atoms with Crippen LogP contribution >= 0.6 is 11.8 Å². The van der Waals surface area contributed by atoms with Gasteiger partial charge in [0.05, 0.1) is 0 Å². The molecule has 0 aliphatic rings. The number of aromatic amines is 1. The minimum atomic E-state index is 0.405. The van der Waals surface area contributed by atoms with E-state index in [4.69, 9.17) is 0 Å². The van der Waals surface area contributed by atoms with Crippen LogP contribution in [-0.4, -0.2) is 16.5 Å². The van der Waals surface area contributed by atoms with Crippen LogP contribution in [0.2, 0.25) is 0 Å². The first kappa shape index (κ1) is 12.2. The summed E-state index contributed by atoms with van der Waals surface area (Å²) in [6, 6.07) is 9.01. The lowest BCUT2D eigenvalue weighted by Crippen LogP contribution is -2.17. The number of imidazole rings is 1. The van der Waals surface area contributed by atoms with Gasteiger partial charge in [-0.05, 0) is 31.2 Å². The van der Waals surface area contributed by atoms with Crippen LogP contribution in [0, 0.1) is 0 Å². The Labute approximate surface area is 106 Å². The van der Waals surface area contributed by atoms with E-state index in [2.05, 4.69) is 53.4 Å². The fourth-order valence-electron chi connectivity index (χ4n) is 1.67. The maximum Gasteiger partial charge on any atom is 0.170 e. The molecule has 0 radical (unpaired) electrons. The molecule has 2 rings (SSSR count). The first-order valence-corrected chi connectivity index (χ1v) is 6.62. The Morgan fingerprint density at radius 1 is 1.35 bits per heavy atom. The van der Waals surface area contributed by atoms with E-state index >= 15 is 0 Å². The number of nitrogens with zero attached hydrogens (tertiary/aromatic N) is 1. The normalized spacial score (nSPS) is 12.6. The van der Waals surface area contributed by atoms with Crippen LogP contribution in [0.4, 0.5) is 0 Å². The average Bonchev–Trinajstić information content (AvgIpc) is 2.83. The van der Waals surface area contributed by atoms with Gasteiger partial charge in [0.2, 0.25) is 0 Å². The Hall–Kier alpha value is -1.26. The van der Waals surface area contributed by atoms with E-state index in [-0.39, 0.29) is 0 Å². The summed E-state index contributed by atoms with van der Waals surface area (Å²) in [7, 11) is 0. The van der Waals surface area contributed by atoms with E-state index in [1.807, 2.05) is 6.20 Å². The Kier molecular flexibility index (Phi) is 4.23. The number of H-pyrrole nitrogens is 1. The molecule has 0 aliphatic carbocycles. The molecule has 0 aliphatic heterocycles. The molecule has 2 N–H and O–H groups in total. The summed E-state index contributed by atoms with van der Waals surface area (Å²) in [5, 5.41) is 4.33. The lowest BCUT2D eigenvalue weighted by atomic mass is 10.1. The molecule has 3 nitrogen and oxygen atoms in total. The van der Waals surface area contributed by atoms with Gasteiger partial charge in [-0.3, -0.25) is 0 Å². The van der Waals surface area contributed by atoms with E-state index in [0.717, 1.165) is 11.7 Å². The van der Waals surface area contributed by atoms with Crippen molar-refractivity contribution >= 4 is 11.8 Å². The molecule has 2 aromatic rings. The van der Waals surface area contributed by atoms with Gasteiger partial charge < -0.3 is 10.3 Å². The van der Waals surface area contributed by atoms with Crippen molar-refractivity contribution in [1.29, 1.82) is 0 Å². The third-order valence-corrected chi connectivity index (χ3v) is 3.50. The summed E-state index contributed by atoms with van der Waals surface area (Å²) < 4.78 is 0. The molecule has 1 unspecified atom stereocenters. The summed E-state index contributed by atoms with van der Waals surface area (Å²) in [4.78, 5) is 8.48. The van der Waals surface area contributed by atoms with Gasteiger partial charge in [0.15, 0.2) is 5.16 Å². The van der Waals surface area contributed by atoms with Crippen LogP contribution in [0.15, 0.2) is 46.7 Å². The number of aromatic nitrogens is 2. The Balaban J connectivity index is 2.02. The fraction of sp³-hybridized carbons (Fsp3) is 0.308. The van der Waals surface area contributed by atoms with E-state index in [1.54, 1.807) is 18.0 Å². The van der Waals surface area contributed by atoms with Crippen LogP contribution < -0.4 is 5.32 Å². The first-order chi connectivity index (χ1) is 8.29. The molecule has 1 aromatic carbocycles. The predicted octanol–water partition coefficient (Wildman–Crippen LogP) is 3.23. The molecule has 17 heavy (non-hydrogen) atoms. The van der Waals surface area contributed by atoms with Crippen molar-refractivity contribution < 1.29 is 0 Å². The molecule has 0 saturated heterocycles. The molecule has 90 valence electrons. The van der Waals surface area contributed by atoms with E-state index in [1.165, 1.54) is 10.5 Å². The van der Waals surface area contributed by atoms with Crippen LogP contribution in [-0.2, 0) is 0 Å². The van der Waals surface area contributed by atoms with E-state index in [9.17, 15) is 0 Å². The largest absolute Gasteiger partial charge is 0.339 e. The van der Waals surface area contributed by atoms with Crippen molar-refractivity contribution in [1.82, 2.24) is 15.3 Å². The van der Waals surface area contributed by atoms with Crippen molar-refractivity contribution in [2.45, 2.75) is 29.9 Å². The second kappa shape index (κ2) is 5.89. The molecule has 0 spiro atoms. The molecule has 0 fully saturated rings. The maximum absolute atomic E-state index is 4.19. The molecule has 1 atom stereocenters. The highest BCUT2D eigenvalue weighted by molar-refractivity contribution is 7.99. The van der Waals surface area contributed by atoms with Crippen LogP contribution in [0.25, 0.3) is 0 Å². The lowest BCUT2D eigenvalue weighted by Gasteiger charge is -2.12. The van der Waals surface area contributed by atoms with Crippen LogP contribution in [0.1, 0.15) is 25.5 Å². The van der Waals surface area contributed by atoms with Crippen molar-refractivity contribution in [3.05, 3.63) is 42.2 Å². The molecule has 1 heterocycles. The van der Waals surface area contributed by atoms with Gasteiger partial charge in [0.25, 0.3) is 0 Å². The minimum Gasteiger partial charge on any atom is -0.339 e. The third kappa shape index (κ3) is 3.35. The monoisotopic (exact) mass is 247 g/mol. The molecule has 0 bridgehead atoms. The highest BCUT2D eigenvalue weighted by Crippen LogP contribution is 2.25. The van der Waals surface area contributed by atoms with Gasteiger partial charge in [-0.1, -0.05) is 30.8 Å². The zero-order valence-corrected chi connectivity index (χ0v) is 10.9. The number of hydrogen-bond acceptors (Lipinski definition) is 3. The molecule has 0 saturated carbocycles. The standard InChI is InChI=1S/C13H17N3S/c1-3-14-10(2)11-4-6-12(7-5-11)17-13-15-8-9-16-13/h4-10,14H,3H2,1-2H3,(H,15,16). The van der Waals surface area contributed by atoms with Crippen LogP contribution in [0.5, 0.6) is 0 Å². The van der Waals surface area contributed by atoms with Gasteiger partial charge in [0, 0.05) is 23.3 Å². The molecule has 4 heteroatoms. The van der Waals surface area contributed by atoms with Crippen molar-refractivity contribution in [2.75, 3.05) is 6.54 Å².